The van der Waals surface area contributed by atoms with E-state index in [1.54, 1.807) is 0 Å². The maximum absolute atomic E-state index is 10.8. The Balaban J connectivity index is 1.93. The predicted octanol–water partition coefficient (Wildman–Crippen LogP) is -0.00268. The van der Waals surface area contributed by atoms with Gasteiger partial charge in [0.05, 0.1) is 6.54 Å². The van der Waals surface area contributed by atoms with Crippen molar-refractivity contribution in [2.45, 2.75) is 6.92 Å². The summed E-state index contributed by atoms with van der Waals surface area (Å²) < 4.78 is 0. The molecule has 5 nitrogen and oxygen atoms in total. The first-order valence-electron chi connectivity index (χ1n) is 5.83. The first-order chi connectivity index (χ1) is 8.15. The van der Waals surface area contributed by atoms with Crippen LogP contribution in [0.2, 0.25) is 0 Å². The zero-order chi connectivity index (χ0) is 12.3. The monoisotopic (exact) mass is 234 g/mol. The molecule has 92 valence electrons. The van der Waals surface area contributed by atoms with E-state index in [-0.39, 0.29) is 5.91 Å². The van der Waals surface area contributed by atoms with Gasteiger partial charge in [0.25, 0.3) is 0 Å². The number of carbonyl (C=O) groups excluding carboxylic acids is 1. The smallest absolute Gasteiger partial charge is 0.231 e. The molecule has 1 aromatic heterocycles. The molecule has 1 saturated heterocycles. The molecule has 1 amide bonds. The van der Waals surface area contributed by atoms with Crippen LogP contribution in [-0.2, 0) is 4.79 Å². The lowest BCUT2D eigenvalue weighted by molar-refractivity contribution is -0.119. The minimum atomic E-state index is -0.252. The molecule has 0 aliphatic carbocycles. The van der Waals surface area contributed by atoms with Crippen LogP contribution in [0.25, 0.3) is 0 Å². The number of primary amides is 1. The molecule has 1 aliphatic rings. The number of amides is 1. The van der Waals surface area contributed by atoms with Gasteiger partial charge in [0.2, 0.25) is 5.91 Å². The summed E-state index contributed by atoms with van der Waals surface area (Å²) in [5.41, 5.74) is 7.42. The van der Waals surface area contributed by atoms with E-state index in [0.29, 0.717) is 6.54 Å². The summed E-state index contributed by atoms with van der Waals surface area (Å²) in [4.78, 5) is 19.4. The molecule has 2 heterocycles. The second-order valence-electron chi connectivity index (χ2n) is 4.38. The van der Waals surface area contributed by atoms with Crippen molar-refractivity contribution in [1.82, 2.24) is 9.88 Å². The molecule has 0 saturated carbocycles. The molecule has 2 N–H and O–H groups in total. The third kappa shape index (κ3) is 3.17. The number of piperazine rings is 1. The van der Waals surface area contributed by atoms with Gasteiger partial charge in [-0.1, -0.05) is 0 Å². The van der Waals surface area contributed by atoms with Crippen LogP contribution in [0.15, 0.2) is 18.3 Å². The third-order valence-electron chi connectivity index (χ3n) is 3.00. The highest BCUT2D eigenvalue weighted by Gasteiger charge is 2.18. The largest absolute Gasteiger partial charge is 0.369 e. The minimum Gasteiger partial charge on any atom is -0.369 e. The van der Waals surface area contributed by atoms with Crippen LogP contribution in [0.5, 0.6) is 0 Å². The number of nitrogens with two attached hydrogens (primary N) is 1. The number of hydrogen-bond acceptors (Lipinski definition) is 4. The van der Waals surface area contributed by atoms with Gasteiger partial charge in [-0.15, -0.1) is 0 Å². The van der Waals surface area contributed by atoms with Crippen LogP contribution in [0.3, 0.4) is 0 Å². The molecule has 0 radical (unpaired) electrons. The standard InChI is InChI=1S/C12H18N4O/c1-10-8-11(2-3-14-10)16-6-4-15(5-7-16)9-12(13)17/h2-3,8H,4-7,9H2,1H3,(H2,13,17). The number of carbonyl (C=O) groups is 1. The molecule has 0 spiro atoms. The highest BCUT2D eigenvalue weighted by Crippen LogP contribution is 2.16. The molecule has 0 atom stereocenters. The van der Waals surface area contributed by atoms with Gasteiger partial charge < -0.3 is 10.6 Å². The SMILES string of the molecule is Cc1cc(N2CCN(CC(N)=O)CC2)ccn1. The predicted molar refractivity (Wildman–Crippen MR) is 66.8 cm³/mol. The molecule has 0 bridgehead atoms. The van der Waals surface area contributed by atoms with Crippen LogP contribution < -0.4 is 10.6 Å². The molecule has 1 aromatic rings. The quantitative estimate of drug-likeness (QED) is 0.799. The highest BCUT2D eigenvalue weighted by atomic mass is 16.1. The van der Waals surface area contributed by atoms with Crippen molar-refractivity contribution in [3.8, 4) is 0 Å². The number of hydrogen-bond donors (Lipinski definition) is 1. The van der Waals surface area contributed by atoms with Gasteiger partial charge in [0.15, 0.2) is 0 Å². The maximum Gasteiger partial charge on any atom is 0.231 e. The van der Waals surface area contributed by atoms with E-state index >= 15 is 0 Å². The van der Waals surface area contributed by atoms with Crippen LogP contribution in [0, 0.1) is 6.92 Å². The Morgan fingerprint density at radius 2 is 2.12 bits per heavy atom. The fourth-order valence-electron chi connectivity index (χ4n) is 2.11. The van der Waals surface area contributed by atoms with E-state index in [4.69, 9.17) is 5.73 Å². The molecule has 5 heteroatoms. The first kappa shape index (κ1) is 11.9. The van der Waals surface area contributed by atoms with Crippen LogP contribution in [0.1, 0.15) is 5.69 Å². The van der Waals surface area contributed by atoms with Gasteiger partial charge >= 0.3 is 0 Å². The van der Waals surface area contributed by atoms with E-state index in [2.05, 4.69) is 20.9 Å². The molecular weight excluding hydrogens is 216 g/mol. The summed E-state index contributed by atoms with van der Waals surface area (Å²) in [6.07, 6.45) is 1.83. The Morgan fingerprint density at radius 1 is 1.41 bits per heavy atom. The van der Waals surface area contributed by atoms with Gasteiger partial charge in [-0.25, -0.2) is 0 Å². The van der Waals surface area contributed by atoms with E-state index < -0.39 is 0 Å². The number of rotatable bonds is 3. The lowest BCUT2D eigenvalue weighted by Crippen LogP contribution is -2.48. The van der Waals surface area contributed by atoms with Crippen LogP contribution >= 0.6 is 0 Å². The normalized spacial score (nSPS) is 17.1. The Kier molecular flexibility index (Phi) is 3.58. The average Bonchev–Trinajstić information content (AvgIpc) is 2.29. The second-order valence-corrected chi connectivity index (χ2v) is 4.38. The van der Waals surface area contributed by atoms with Crippen molar-refractivity contribution in [2.24, 2.45) is 5.73 Å². The number of anilines is 1. The molecule has 17 heavy (non-hydrogen) atoms. The topological polar surface area (TPSA) is 62.5 Å². The molecule has 2 rings (SSSR count). The number of aryl methyl sites for hydroxylation is 1. The fourth-order valence-corrected chi connectivity index (χ4v) is 2.11. The molecule has 1 fully saturated rings. The summed E-state index contributed by atoms with van der Waals surface area (Å²) >= 11 is 0. The van der Waals surface area contributed by atoms with Gasteiger partial charge in [-0.2, -0.15) is 0 Å². The van der Waals surface area contributed by atoms with Crippen molar-refractivity contribution >= 4 is 11.6 Å². The molecular formula is C12H18N4O. The Morgan fingerprint density at radius 3 is 2.71 bits per heavy atom. The number of pyridine rings is 1. The number of aromatic nitrogens is 1. The van der Waals surface area contributed by atoms with Gasteiger partial charge in [0, 0.05) is 43.8 Å². The summed E-state index contributed by atoms with van der Waals surface area (Å²) in [7, 11) is 0. The fraction of sp³-hybridized carbons (Fsp3) is 0.500. The van der Waals surface area contributed by atoms with Crippen molar-refractivity contribution in [2.75, 3.05) is 37.6 Å². The summed E-state index contributed by atoms with van der Waals surface area (Å²) in [6, 6.07) is 4.11. The van der Waals surface area contributed by atoms with Crippen LogP contribution in [-0.4, -0.2) is 48.5 Å². The number of nitrogens with zero attached hydrogens (tertiary/aromatic N) is 3. The Hall–Kier alpha value is -1.62. The van der Waals surface area contributed by atoms with E-state index in [0.717, 1.165) is 31.9 Å². The highest BCUT2D eigenvalue weighted by molar-refractivity contribution is 5.75. The van der Waals surface area contributed by atoms with E-state index in [1.165, 1.54) is 5.69 Å². The molecule has 0 unspecified atom stereocenters. The Labute approximate surface area is 101 Å². The van der Waals surface area contributed by atoms with Gasteiger partial charge in [-0.05, 0) is 19.1 Å². The molecule has 0 aromatic carbocycles. The average molecular weight is 234 g/mol. The minimum absolute atomic E-state index is 0.252. The zero-order valence-corrected chi connectivity index (χ0v) is 10.1. The van der Waals surface area contributed by atoms with E-state index in [9.17, 15) is 4.79 Å². The maximum atomic E-state index is 10.8. The zero-order valence-electron chi connectivity index (χ0n) is 10.1. The van der Waals surface area contributed by atoms with Crippen molar-refractivity contribution in [3.05, 3.63) is 24.0 Å². The first-order valence-corrected chi connectivity index (χ1v) is 5.83. The molecule has 1 aliphatic heterocycles. The summed E-state index contributed by atoms with van der Waals surface area (Å²) in [5.74, 6) is -0.252. The summed E-state index contributed by atoms with van der Waals surface area (Å²) in [5, 5.41) is 0. The Bertz CT molecular complexity index is 399. The van der Waals surface area contributed by atoms with Gasteiger partial charge in [-0.3, -0.25) is 14.7 Å². The van der Waals surface area contributed by atoms with E-state index in [1.807, 2.05) is 19.2 Å². The second kappa shape index (κ2) is 5.14. The summed E-state index contributed by atoms with van der Waals surface area (Å²) in [6.45, 7) is 5.97. The lowest BCUT2D eigenvalue weighted by Gasteiger charge is -2.35. The van der Waals surface area contributed by atoms with Crippen molar-refractivity contribution < 1.29 is 4.79 Å². The van der Waals surface area contributed by atoms with Crippen LogP contribution in [0.4, 0.5) is 5.69 Å². The lowest BCUT2D eigenvalue weighted by atomic mass is 10.2. The van der Waals surface area contributed by atoms with Crippen molar-refractivity contribution in [1.29, 1.82) is 0 Å². The van der Waals surface area contributed by atoms with Gasteiger partial charge in [0.1, 0.15) is 0 Å². The third-order valence-corrected chi connectivity index (χ3v) is 3.00. The van der Waals surface area contributed by atoms with Crippen molar-refractivity contribution in [3.63, 3.8) is 0 Å².